The van der Waals surface area contributed by atoms with Crippen LogP contribution in [0.1, 0.15) is 28.4 Å². The summed E-state index contributed by atoms with van der Waals surface area (Å²) in [5.74, 6) is -1.30. The van der Waals surface area contributed by atoms with E-state index in [1.807, 2.05) is 60.7 Å². The maximum atomic E-state index is 13.2. The van der Waals surface area contributed by atoms with Gasteiger partial charge in [-0.15, -0.1) is 0 Å². The van der Waals surface area contributed by atoms with Crippen LogP contribution in [0.3, 0.4) is 0 Å². The smallest absolute Gasteiger partial charge is 0.340 e. The first-order valence-electron chi connectivity index (χ1n) is 9.86. The number of nitro groups is 1. The van der Waals surface area contributed by atoms with E-state index in [9.17, 15) is 19.7 Å². The van der Waals surface area contributed by atoms with Gasteiger partial charge >= 0.3 is 5.97 Å². The molecule has 3 aromatic rings. The number of rotatable bonds is 8. The zero-order valence-corrected chi connectivity index (χ0v) is 18.1. The lowest BCUT2D eigenvalue weighted by Crippen LogP contribution is -2.39. The van der Waals surface area contributed by atoms with Gasteiger partial charge in [0.25, 0.3) is 11.6 Å². The Bertz CT molecular complexity index is 1060. The third-order valence-electron chi connectivity index (χ3n) is 4.76. The van der Waals surface area contributed by atoms with Gasteiger partial charge in [-0.3, -0.25) is 14.9 Å². The molecule has 0 fully saturated rings. The van der Waals surface area contributed by atoms with Crippen molar-refractivity contribution in [1.29, 1.82) is 0 Å². The third kappa shape index (κ3) is 5.92. The number of halogens is 1. The average molecular weight is 453 g/mol. The zero-order chi connectivity index (χ0) is 23.1. The first kappa shape index (κ1) is 23.0. The first-order chi connectivity index (χ1) is 15.3. The maximum absolute atomic E-state index is 13.2. The second-order valence-electron chi connectivity index (χ2n) is 7.13. The monoisotopic (exact) mass is 452 g/mol. The minimum atomic E-state index is -1.12. The van der Waals surface area contributed by atoms with Crippen LogP contribution in [0.25, 0.3) is 0 Å². The summed E-state index contributed by atoms with van der Waals surface area (Å²) in [6.07, 6.45) is -1.12. The van der Waals surface area contributed by atoms with Crippen molar-refractivity contribution < 1.29 is 19.2 Å². The number of amides is 1. The molecule has 32 heavy (non-hydrogen) atoms. The Kier molecular flexibility index (Phi) is 7.57. The fraction of sp³-hybridized carbons (Fsp3) is 0.167. The van der Waals surface area contributed by atoms with Crippen LogP contribution in [0.5, 0.6) is 0 Å². The molecule has 0 heterocycles. The quantitative estimate of drug-likeness (QED) is 0.272. The SMILES string of the molecule is CC(OC(=O)c1cc([N+](=O)[O-])ccc1Cl)C(=O)N(Cc1ccccc1)Cc1ccccc1. The molecular formula is C24H21ClN2O5. The molecule has 3 aromatic carbocycles. The predicted octanol–water partition coefficient (Wildman–Crippen LogP) is 5.02. The van der Waals surface area contributed by atoms with Gasteiger partial charge in [0, 0.05) is 25.2 Å². The van der Waals surface area contributed by atoms with Crippen molar-refractivity contribution in [2.45, 2.75) is 26.1 Å². The Labute approximate surface area is 190 Å². The molecule has 0 radical (unpaired) electrons. The van der Waals surface area contributed by atoms with Crippen LogP contribution in [0.4, 0.5) is 5.69 Å². The normalized spacial score (nSPS) is 11.4. The van der Waals surface area contributed by atoms with E-state index in [4.69, 9.17) is 16.3 Å². The molecule has 1 amide bonds. The van der Waals surface area contributed by atoms with Gasteiger partial charge in [0.2, 0.25) is 0 Å². The number of hydrogen-bond acceptors (Lipinski definition) is 5. The van der Waals surface area contributed by atoms with Crippen LogP contribution >= 0.6 is 11.6 Å². The maximum Gasteiger partial charge on any atom is 0.340 e. The highest BCUT2D eigenvalue weighted by Crippen LogP contribution is 2.23. The summed E-state index contributed by atoms with van der Waals surface area (Å²) in [6.45, 7) is 2.12. The summed E-state index contributed by atoms with van der Waals surface area (Å²) in [6, 6.07) is 22.4. The molecule has 1 unspecified atom stereocenters. The number of hydrogen-bond donors (Lipinski definition) is 0. The Morgan fingerprint density at radius 3 is 2.00 bits per heavy atom. The van der Waals surface area contributed by atoms with Crippen LogP contribution < -0.4 is 0 Å². The number of benzene rings is 3. The van der Waals surface area contributed by atoms with E-state index in [1.165, 1.54) is 19.1 Å². The van der Waals surface area contributed by atoms with Gasteiger partial charge in [-0.25, -0.2) is 4.79 Å². The van der Waals surface area contributed by atoms with E-state index >= 15 is 0 Å². The van der Waals surface area contributed by atoms with Crippen molar-refractivity contribution in [3.63, 3.8) is 0 Å². The summed E-state index contributed by atoms with van der Waals surface area (Å²) in [5, 5.41) is 11.0. The molecule has 164 valence electrons. The minimum Gasteiger partial charge on any atom is -0.449 e. The Morgan fingerprint density at radius 2 is 1.50 bits per heavy atom. The molecule has 0 aliphatic carbocycles. The topological polar surface area (TPSA) is 89.7 Å². The predicted molar refractivity (Wildman–Crippen MR) is 120 cm³/mol. The molecule has 0 N–H and O–H groups in total. The van der Waals surface area contributed by atoms with Crippen molar-refractivity contribution >= 4 is 29.2 Å². The molecule has 0 aromatic heterocycles. The van der Waals surface area contributed by atoms with E-state index in [0.29, 0.717) is 13.1 Å². The fourth-order valence-electron chi connectivity index (χ4n) is 3.13. The van der Waals surface area contributed by atoms with E-state index in [-0.39, 0.29) is 16.3 Å². The number of ether oxygens (including phenoxy) is 1. The van der Waals surface area contributed by atoms with Crippen LogP contribution in [0, 0.1) is 10.1 Å². The lowest BCUT2D eigenvalue weighted by Gasteiger charge is -2.26. The van der Waals surface area contributed by atoms with Gasteiger partial charge in [0.05, 0.1) is 15.5 Å². The fourth-order valence-corrected chi connectivity index (χ4v) is 3.33. The summed E-state index contributed by atoms with van der Waals surface area (Å²) in [5.41, 5.74) is 1.39. The number of carbonyl (C=O) groups is 2. The van der Waals surface area contributed by atoms with Gasteiger partial charge in [-0.2, -0.15) is 0 Å². The molecule has 0 saturated heterocycles. The molecule has 0 aliphatic rings. The number of nitro benzene ring substituents is 1. The second-order valence-corrected chi connectivity index (χ2v) is 7.54. The largest absolute Gasteiger partial charge is 0.449 e. The third-order valence-corrected chi connectivity index (χ3v) is 5.09. The minimum absolute atomic E-state index is 0.00526. The van der Waals surface area contributed by atoms with Gasteiger partial charge in [0.1, 0.15) is 0 Å². The summed E-state index contributed by atoms with van der Waals surface area (Å²) in [4.78, 5) is 37.7. The van der Waals surface area contributed by atoms with E-state index < -0.39 is 22.9 Å². The highest BCUT2D eigenvalue weighted by molar-refractivity contribution is 6.33. The van der Waals surface area contributed by atoms with Crippen molar-refractivity contribution in [1.82, 2.24) is 4.90 Å². The zero-order valence-electron chi connectivity index (χ0n) is 17.3. The summed E-state index contributed by atoms with van der Waals surface area (Å²) >= 11 is 6.02. The molecule has 0 saturated carbocycles. The van der Waals surface area contributed by atoms with Crippen molar-refractivity contribution in [3.05, 3.63) is 111 Å². The standard InChI is InChI=1S/C24H21ClN2O5/c1-17(32-24(29)21-14-20(27(30)31)12-13-22(21)25)23(28)26(15-18-8-4-2-5-9-18)16-19-10-6-3-7-11-19/h2-14,17H,15-16H2,1H3. The average Bonchev–Trinajstić information content (AvgIpc) is 2.79. The lowest BCUT2D eigenvalue weighted by molar-refractivity contribution is -0.384. The molecule has 0 bridgehead atoms. The molecule has 1 atom stereocenters. The molecular weight excluding hydrogens is 432 g/mol. The van der Waals surface area contributed by atoms with Crippen LogP contribution in [-0.4, -0.2) is 27.8 Å². The highest BCUT2D eigenvalue weighted by atomic mass is 35.5. The first-order valence-corrected chi connectivity index (χ1v) is 10.2. The van der Waals surface area contributed by atoms with Crippen molar-refractivity contribution in [3.8, 4) is 0 Å². The van der Waals surface area contributed by atoms with Gasteiger partial charge < -0.3 is 9.64 Å². The van der Waals surface area contributed by atoms with E-state index in [0.717, 1.165) is 17.2 Å². The second kappa shape index (κ2) is 10.5. The number of esters is 1. The van der Waals surface area contributed by atoms with E-state index in [2.05, 4.69) is 0 Å². The Hall–Kier alpha value is -3.71. The van der Waals surface area contributed by atoms with Crippen molar-refractivity contribution in [2.75, 3.05) is 0 Å². The van der Waals surface area contributed by atoms with Crippen LogP contribution in [0.15, 0.2) is 78.9 Å². The van der Waals surface area contributed by atoms with Gasteiger partial charge in [-0.1, -0.05) is 72.3 Å². The van der Waals surface area contributed by atoms with Gasteiger partial charge in [0.15, 0.2) is 6.10 Å². The molecule has 0 spiro atoms. The summed E-state index contributed by atoms with van der Waals surface area (Å²) < 4.78 is 5.33. The highest BCUT2D eigenvalue weighted by Gasteiger charge is 2.26. The Morgan fingerprint density at radius 1 is 0.969 bits per heavy atom. The number of carbonyl (C=O) groups excluding carboxylic acids is 2. The number of nitrogens with zero attached hydrogens (tertiary/aromatic N) is 2. The number of non-ortho nitro benzene ring substituents is 1. The van der Waals surface area contributed by atoms with Crippen LogP contribution in [0.2, 0.25) is 5.02 Å². The lowest BCUT2D eigenvalue weighted by atomic mass is 10.1. The molecule has 7 nitrogen and oxygen atoms in total. The summed E-state index contributed by atoms with van der Waals surface area (Å²) in [7, 11) is 0. The van der Waals surface area contributed by atoms with Crippen LogP contribution in [-0.2, 0) is 22.6 Å². The molecule has 3 rings (SSSR count). The van der Waals surface area contributed by atoms with Crippen molar-refractivity contribution in [2.24, 2.45) is 0 Å². The molecule has 8 heteroatoms. The van der Waals surface area contributed by atoms with E-state index in [1.54, 1.807) is 4.90 Å². The molecule has 0 aliphatic heterocycles. The Balaban J connectivity index is 1.78. The van der Waals surface area contributed by atoms with Gasteiger partial charge in [-0.05, 0) is 24.1 Å².